The molecule has 17 heavy (non-hydrogen) atoms. The van der Waals surface area contributed by atoms with E-state index in [1.807, 2.05) is 18.2 Å². The van der Waals surface area contributed by atoms with Gasteiger partial charge < -0.3 is 15.2 Å². The second kappa shape index (κ2) is 6.57. The standard InChI is InChI=1S/C13H22N2O2/c1-4-13(5-2,10-16)14-9-11-7-6-8-12(15-11)17-3/h6-8,14,16H,4-5,9-10H2,1-3H3. The Morgan fingerprint density at radius 2 is 2.06 bits per heavy atom. The summed E-state index contributed by atoms with van der Waals surface area (Å²) in [6.45, 7) is 4.93. The van der Waals surface area contributed by atoms with Crippen LogP contribution in [0.5, 0.6) is 5.88 Å². The molecule has 0 aromatic carbocycles. The fraction of sp³-hybridized carbons (Fsp3) is 0.615. The average molecular weight is 238 g/mol. The number of methoxy groups -OCH3 is 1. The molecule has 1 heterocycles. The van der Waals surface area contributed by atoms with Gasteiger partial charge >= 0.3 is 0 Å². The molecule has 1 rings (SSSR count). The maximum Gasteiger partial charge on any atom is 0.213 e. The van der Waals surface area contributed by atoms with E-state index >= 15 is 0 Å². The van der Waals surface area contributed by atoms with Gasteiger partial charge in [0, 0.05) is 18.2 Å². The summed E-state index contributed by atoms with van der Waals surface area (Å²) < 4.78 is 5.08. The molecule has 0 saturated heterocycles. The average Bonchev–Trinajstić information content (AvgIpc) is 2.41. The molecule has 0 atom stereocenters. The van der Waals surface area contributed by atoms with Crippen LogP contribution in [0, 0.1) is 0 Å². The van der Waals surface area contributed by atoms with Crippen LogP contribution >= 0.6 is 0 Å². The lowest BCUT2D eigenvalue weighted by molar-refractivity contribution is 0.149. The van der Waals surface area contributed by atoms with Crippen molar-refractivity contribution >= 4 is 0 Å². The highest BCUT2D eigenvalue weighted by atomic mass is 16.5. The lowest BCUT2D eigenvalue weighted by atomic mass is 9.94. The highest BCUT2D eigenvalue weighted by molar-refractivity contribution is 5.15. The lowest BCUT2D eigenvalue weighted by Crippen LogP contribution is -2.47. The van der Waals surface area contributed by atoms with E-state index in [0.717, 1.165) is 18.5 Å². The van der Waals surface area contributed by atoms with Crippen molar-refractivity contribution < 1.29 is 9.84 Å². The van der Waals surface area contributed by atoms with Gasteiger partial charge in [-0.15, -0.1) is 0 Å². The third-order valence-corrected chi connectivity index (χ3v) is 3.29. The molecule has 0 saturated carbocycles. The van der Waals surface area contributed by atoms with Gasteiger partial charge in [-0.2, -0.15) is 0 Å². The second-order valence-corrected chi connectivity index (χ2v) is 4.17. The molecule has 0 spiro atoms. The van der Waals surface area contributed by atoms with Crippen molar-refractivity contribution in [3.8, 4) is 5.88 Å². The molecule has 0 unspecified atom stereocenters. The predicted molar refractivity (Wildman–Crippen MR) is 68.0 cm³/mol. The fourth-order valence-electron chi connectivity index (χ4n) is 1.73. The molecule has 0 bridgehead atoms. The molecule has 0 aliphatic heterocycles. The zero-order chi connectivity index (χ0) is 12.7. The van der Waals surface area contributed by atoms with Crippen LogP contribution in [0.3, 0.4) is 0 Å². The second-order valence-electron chi connectivity index (χ2n) is 4.17. The summed E-state index contributed by atoms with van der Waals surface area (Å²) >= 11 is 0. The van der Waals surface area contributed by atoms with Crippen LogP contribution in [0.1, 0.15) is 32.4 Å². The number of ether oxygens (including phenoxy) is 1. The SMILES string of the molecule is CCC(CC)(CO)NCc1cccc(OC)n1. The van der Waals surface area contributed by atoms with E-state index < -0.39 is 0 Å². The van der Waals surface area contributed by atoms with Gasteiger partial charge in [-0.1, -0.05) is 19.9 Å². The van der Waals surface area contributed by atoms with Crippen molar-refractivity contribution in [1.29, 1.82) is 0 Å². The largest absolute Gasteiger partial charge is 0.481 e. The van der Waals surface area contributed by atoms with Crippen LogP contribution in [0.15, 0.2) is 18.2 Å². The molecule has 0 amide bonds. The third-order valence-electron chi connectivity index (χ3n) is 3.29. The molecule has 1 aromatic rings. The minimum Gasteiger partial charge on any atom is -0.481 e. The summed E-state index contributed by atoms with van der Waals surface area (Å²) in [6.07, 6.45) is 1.79. The molecule has 4 nitrogen and oxygen atoms in total. The molecular formula is C13H22N2O2. The minimum absolute atomic E-state index is 0.143. The molecular weight excluding hydrogens is 216 g/mol. The van der Waals surface area contributed by atoms with Gasteiger partial charge in [-0.25, -0.2) is 4.98 Å². The highest BCUT2D eigenvalue weighted by Crippen LogP contribution is 2.15. The van der Waals surface area contributed by atoms with E-state index in [0.29, 0.717) is 12.4 Å². The van der Waals surface area contributed by atoms with Gasteiger partial charge in [0.05, 0.1) is 19.4 Å². The number of hydrogen-bond acceptors (Lipinski definition) is 4. The van der Waals surface area contributed by atoms with Crippen LogP contribution < -0.4 is 10.1 Å². The maximum atomic E-state index is 9.45. The number of pyridine rings is 1. The van der Waals surface area contributed by atoms with Gasteiger partial charge in [0.1, 0.15) is 0 Å². The third kappa shape index (κ3) is 3.68. The Morgan fingerprint density at radius 3 is 2.59 bits per heavy atom. The van der Waals surface area contributed by atoms with Gasteiger partial charge in [0.25, 0.3) is 0 Å². The monoisotopic (exact) mass is 238 g/mol. The summed E-state index contributed by atoms with van der Waals surface area (Å²) in [6, 6.07) is 5.69. The van der Waals surface area contributed by atoms with E-state index in [1.54, 1.807) is 7.11 Å². The Balaban J connectivity index is 2.65. The Bertz CT molecular complexity index is 330. The molecule has 1 aromatic heterocycles. The van der Waals surface area contributed by atoms with Crippen molar-refractivity contribution in [2.24, 2.45) is 0 Å². The molecule has 96 valence electrons. The van der Waals surface area contributed by atoms with Gasteiger partial charge in [0.2, 0.25) is 5.88 Å². The lowest BCUT2D eigenvalue weighted by Gasteiger charge is -2.30. The molecule has 4 heteroatoms. The number of rotatable bonds is 7. The van der Waals surface area contributed by atoms with E-state index in [-0.39, 0.29) is 12.1 Å². The van der Waals surface area contributed by atoms with Crippen molar-refractivity contribution in [3.05, 3.63) is 23.9 Å². The molecule has 0 fully saturated rings. The molecule has 0 aliphatic rings. The maximum absolute atomic E-state index is 9.45. The predicted octanol–water partition coefficient (Wildman–Crippen LogP) is 1.73. The first-order valence-electron chi connectivity index (χ1n) is 6.05. The van der Waals surface area contributed by atoms with Crippen LogP contribution in [-0.4, -0.2) is 29.3 Å². The quantitative estimate of drug-likeness (QED) is 0.759. The number of aromatic nitrogens is 1. The topological polar surface area (TPSA) is 54.4 Å². The van der Waals surface area contributed by atoms with Gasteiger partial charge in [-0.05, 0) is 18.9 Å². The normalized spacial score (nSPS) is 11.5. The number of aliphatic hydroxyl groups excluding tert-OH is 1. The number of hydrogen-bond donors (Lipinski definition) is 2. The first kappa shape index (κ1) is 13.9. The summed E-state index contributed by atoms with van der Waals surface area (Å²) in [7, 11) is 1.61. The van der Waals surface area contributed by atoms with Crippen molar-refractivity contribution in [2.75, 3.05) is 13.7 Å². The fourth-order valence-corrected chi connectivity index (χ4v) is 1.73. The summed E-state index contributed by atoms with van der Waals surface area (Å²) in [4.78, 5) is 4.33. The van der Waals surface area contributed by atoms with Crippen molar-refractivity contribution in [2.45, 2.75) is 38.8 Å². The summed E-state index contributed by atoms with van der Waals surface area (Å²) in [5, 5.41) is 12.8. The zero-order valence-electron chi connectivity index (χ0n) is 10.9. The van der Waals surface area contributed by atoms with Crippen LogP contribution in [0.4, 0.5) is 0 Å². The van der Waals surface area contributed by atoms with E-state index in [9.17, 15) is 5.11 Å². The number of nitrogens with one attached hydrogen (secondary N) is 1. The van der Waals surface area contributed by atoms with Crippen LogP contribution in [0.2, 0.25) is 0 Å². The van der Waals surface area contributed by atoms with Crippen LogP contribution in [-0.2, 0) is 6.54 Å². The van der Waals surface area contributed by atoms with Crippen molar-refractivity contribution in [3.63, 3.8) is 0 Å². The smallest absolute Gasteiger partial charge is 0.213 e. The Labute approximate surface area is 103 Å². The summed E-state index contributed by atoms with van der Waals surface area (Å²) in [5.74, 6) is 0.617. The van der Waals surface area contributed by atoms with E-state index in [2.05, 4.69) is 24.1 Å². The molecule has 2 N–H and O–H groups in total. The Hall–Kier alpha value is -1.13. The summed E-state index contributed by atoms with van der Waals surface area (Å²) in [5.41, 5.74) is 0.717. The number of aliphatic hydroxyl groups is 1. The number of nitrogens with zero attached hydrogens (tertiary/aromatic N) is 1. The van der Waals surface area contributed by atoms with Gasteiger partial charge in [0.15, 0.2) is 0 Å². The first-order valence-corrected chi connectivity index (χ1v) is 6.05. The Morgan fingerprint density at radius 1 is 1.35 bits per heavy atom. The zero-order valence-corrected chi connectivity index (χ0v) is 10.9. The molecule has 0 aliphatic carbocycles. The Kier molecular flexibility index (Phi) is 5.38. The van der Waals surface area contributed by atoms with Gasteiger partial charge in [-0.3, -0.25) is 0 Å². The minimum atomic E-state index is -0.204. The van der Waals surface area contributed by atoms with Crippen molar-refractivity contribution in [1.82, 2.24) is 10.3 Å². The van der Waals surface area contributed by atoms with E-state index in [1.165, 1.54) is 0 Å². The van der Waals surface area contributed by atoms with E-state index in [4.69, 9.17) is 4.74 Å². The van der Waals surface area contributed by atoms with Crippen LogP contribution in [0.25, 0.3) is 0 Å². The molecule has 0 radical (unpaired) electrons. The highest BCUT2D eigenvalue weighted by Gasteiger charge is 2.24. The first-order chi connectivity index (χ1) is 8.19.